The van der Waals surface area contributed by atoms with Crippen LogP contribution in [0.4, 0.5) is 0 Å². The average molecular weight is 420 g/mol. The smallest absolute Gasteiger partial charge is 0.319 e. The van der Waals surface area contributed by atoms with Gasteiger partial charge in [0.05, 0.1) is 20.8 Å². The van der Waals surface area contributed by atoms with E-state index in [4.69, 9.17) is 14.2 Å². The van der Waals surface area contributed by atoms with Gasteiger partial charge in [0, 0.05) is 17.7 Å². The predicted octanol–water partition coefficient (Wildman–Crippen LogP) is 4.51. The molecule has 1 atom stereocenters. The molecule has 1 fully saturated rings. The van der Waals surface area contributed by atoms with Gasteiger partial charge in [-0.05, 0) is 38.8 Å². The summed E-state index contributed by atoms with van der Waals surface area (Å²) in [4.78, 5) is 12.1. The highest BCUT2D eigenvalue weighted by Gasteiger charge is 2.27. The van der Waals surface area contributed by atoms with Gasteiger partial charge in [0.1, 0.15) is 16.7 Å². The van der Waals surface area contributed by atoms with Crippen molar-refractivity contribution in [3.8, 4) is 22.9 Å². The van der Waals surface area contributed by atoms with E-state index in [0.29, 0.717) is 24.1 Å². The lowest BCUT2D eigenvalue weighted by molar-refractivity contribution is -0.142. The second-order valence-corrected chi connectivity index (χ2v) is 8.39. The molecular formula is C21H29N3O4S. The molecule has 7 nitrogen and oxygen atoms in total. The molecule has 0 spiro atoms. The van der Waals surface area contributed by atoms with E-state index in [0.717, 1.165) is 29.4 Å². The summed E-state index contributed by atoms with van der Waals surface area (Å²) in [6.07, 6.45) is 5.77. The maximum absolute atomic E-state index is 12.1. The van der Waals surface area contributed by atoms with E-state index in [-0.39, 0.29) is 11.2 Å². The first-order valence-electron chi connectivity index (χ1n) is 10.1. The number of carbonyl (C=O) groups excluding carboxylic acids is 1. The van der Waals surface area contributed by atoms with E-state index >= 15 is 0 Å². The fourth-order valence-corrected chi connectivity index (χ4v) is 4.54. The van der Waals surface area contributed by atoms with Gasteiger partial charge in [0.15, 0.2) is 11.0 Å². The van der Waals surface area contributed by atoms with Crippen LogP contribution in [0, 0.1) is 0 Å². The Morgan fingerprint density at radius 1 is 1.14 bits per heavy atom. The van der Waals surface area contributed by atoms with Gasteiger partial charge in [-0.3, -0.25) is 9.36 Å². The molecule has 1 heterocycles. The van der Waals surface area contributed by atoms with Crippen LogP contribution in [0.3, 0.4) is 0 Å². The van der Waals surface area contributed by atoms with Crippen molar-refractivity contribution in [2.24, 2.45) is 0 Å². The number of esters is 1. The Labute approximate surface area is 176 Å². The van der Waals surface area contributed by atoms with E-state index in [1.54, 1.807) is 14.2 Å². The summed E-state index contributed by atoms with van der Waals surface area (Å²) in [5.41, 5.74) is 0.884. The summed E-state index contributed by atoms with van der Waals surface area (Å²) < 4.78 is 18.2. The van der Waals surface area contributed by atoms with Crippen LogP contribution in [0.2, 0.25) is 0 Å². The number of hydrogen-bond acceptors (Lipinski definition) is 7. The zero-order valence-electron chi connectivity index (χ0n) is 17.5. The molecule has 1 saturated carbocycles. The van der Waals surface area contributed by atoms with Gasteiger partial charge in [-0.15, -0.1) is 10.2 Å². The molecule has 3 rings (SSSR count). The fourth-order valence-electron chi connectivity index (χ4n) is 3.62. The van der Waals surface area contributed by atoms with Gasteiger partial charge in [0.2, 0.25) is 0 Å². The van der Waals surface area contributed by atoms with Gasteiger partial charge in [-0.1, -0.05) is 31.0 Å². The van der Waals surface area contributed by atoms with Gasteiger partial charge >= 0.3 is 5.97 Å². The molecule has 0 amide bonds. The Kier molecular flexibility index (Phi) is 7.41. The minimum atomic E-state index is -0.353. The van der Waals surface area contributed by atoms with Crippen molar-refractivity contribution >= 4 is 17.7 Å². The number of hydrogen-bond donors (Lipinski definition) is 0. The number of aromatic nitrogens is 3. The standard InChI is InChI=1S/C21H29N3O4S/c1-5-28-20(25)14(2)29-21-23-22-19(24(21)16-9-7-6-8-10-16)15-11-17(26-3)13-18(12-15)27-4/h11-14,16H,5-10H2,1-4H3. The van der Waals surface area contributed by atoms with E-state index in [1.807, 2.05) is 32.0 Å². The molecule has 0 aliphatic heterocycles. The molecule has 1 aromatic carbocycles. The Morgan fingerprint density at radius 2 is 1.79 bits per heavy atom. The number of rotatable bonds is 8. The van der Waals surface area contributed by atoms with Crippen molar-refractivity contribution in [1.29, 1.82) is 0 Å². The molecular weight excluding hydrogens is 390 g/mol. The van der Waals surface area contributed by atoms with Crippen LogP contribution in [-0.2, 0) is 9.53 Å². The highest BCUT2D eigenvalue weighted by Crippen LogP contribution is 2.38. The van der Waals surface area contributed by atoms with Crippen molar-refractivity contribution in [2.45, 2.75) is 62.4 Å². The zero-order valence-corrected chi connectivity index (χ0v) is 18.3. The predicted molar refractivity (Wildman–Crippen MR) is 113 cm³/mol. The first-order valence-corrected chi connectivity index (χ1v) is 11.0. The Hall–Kier alpha value is -2.22. The number of methoxy groups -OCH3 is 2. The second kappa shape index (κ2) is 10.0. The molecule has 8 heteroatoms. The van der Waals surface area contributed by atoms with Gasteiger partial charge in [-0.2, -0.15) is 0 Å². The molecule has 0 saturated heterocycles. The third-order valence-corrected chi connectivity index (χ3v) is 6.15. The molecule has 1 aliphatic carbocycles. The van der Waals surface area contributed by atoms with Crippen LogP contribution >= 0.6 is 11.8 Å². The maximum atomic E-state index is 12.1. The summed E-state index contributed by atoms with van der Waals surface area (Å²) >= 11 is 1.40. The summed E-state index contributed by atoms with van der Waals surface area (Å²) in [6, 6.07) is 6.02. The van der Waals surface area contributed by atoms with Crippen LogP contribution in [0.15, 0.2) is 23.4 Å². The highest BCUT2D eigenvalue weighted by molar-refractivity contribution is 8.00. The van der Waals surface area contributed by atoms with Gasteiger partial charge in [-0.25, -0.2) is 0 Å². The van der Waals surface area contributed by atoms with Crippen LogP contribution in [-0.4, -0.2) is 46.8 Å². The van der Waals surface area contributed by atoms with Crippen LogP contribution in [0.25, 0.3) is 11.4 Å². The summed E-state index contributed by atoms with van der Waals surface area (Å²) in [7, 11) is 3.26. The number of nitrogens with zero attached hydrogens (tertiary/aromatic N) is 3. The first-order chi connectivity index (χ1) is 14.1. The highest BCUT2D eigenvalue weighted by atomic mass is 32.2. The third-order valence-electron chi connectivity index (χ3n) is 5.11. The fraction of sp³-hybridized carbons (Fsp3) is 0.571. The maximum Gasteiger partial charge on any atom is 0.319 e. The molecule has 158 valence electrons. The number of benzene rings is 1. The topological polar surface area (TPSA) is 75.5 Å². The minimum Gasteiger partial charge on any atom is -0.497 e. The van der Waals surface area contributed by atoms with Crippen LogP contribution < -0.4 is 9.47 Å². The Morgan fingerprint density at radius 3 is 2.38 bits per heavy atom. The van der Waals surface area contributed by atoms with Crippen molar-refractivity contribution in [1.82, 2.24) is 14.8 Å². The quantitative estimate of drug-likeness (QED) is 0.460. The average Bonchev–Trinajstić information content (AvgIpc) is 3.17. The minimum absolute atomic E-state index is 0.236. The number of carbonyl (C=O) groups is 1. The SMILES string of the molecule is CCOC(=O)C(C)Sc1nnc(-c2cc(OC)cc(OC)c2)n1C1CCCCC1. The molecule has 0 N–H and O–H groups in total. The number of thioether (sulfide) groups is 1. The van der Waals surface area contributed by atoms with Crippen LogP contribution in [0.5, 0.6) is 11.5 Å². The zero-order chi connectivity index (χ0) is 20.8. The van der Waals surface area contributed by atoms with E-state index in [1.165, 1.54) is 31.0 Å². The van der Waals surface area contributed by atoms with Crippen LogP contribution in [0.1, 0.15) is 52.0 Å². The second-order valence-electron chi connectivity index (χ2n) is 7.08. The lowest BCUT2D eigenvalue weighted by Crippen LogP contribution is -2.19. The Balaban J connectivity index is 2.01. The Bertz CT molecular complexity index is 811. The van der Waals surface area contributed by atoms with Gasteiger partial charge in [0.25, 0.3) is 0 Å². The lowest BCUT2D eigenvalue weighted by Gasteiger charge is -2.26. The molecule has 29 heavy (non-hydrogen) atoms. The number of ether oxygens (including phenoxy) is 3. The molecule has 0 radical (unpaired) electrons. The molecule has 1 aliphatic rings. The molecule has 1 unspecified atom stereocenters. The largest absolute Gasteiger partial charge is 0.497 e. The lowest BCUT2D eigenvalue weighted by atomic mass is 9.95. The third kappa shape index (κ3) is 5.04. The van der Waals surface area contributed by atoms with E-state index in [2.05, 4.69) is 14.8 Å². The first kappa shape index (κ1) is 21.5. The van der Waals surface area contributed by atoms with Crippen molar-refractivity contribution in [3.63, 3.8) is 0 Å². The summed E-state index contributed by atoms with van der Waals surface area (Å²) in [6.45, 7) is 4.03. The van der Waals surface area contributed by atoms with Crippen molar-refractivity contribution < 1.29 is 19.0 Å². The van der Waals surface area contributed by atoms with Crippen molar-refractivity contribution in [2.75, 3.05) is 20.8 Å². The van der Waals surface area contributed by atoms with E-state index in [9.17, 15) is 4.79 Å². The molecule has 2 aromatic rings. The van der Waals surface area contributed by atoms with Gasteiger partial charge < -0.3 is 14.2 Å². The summed E-state index contributed by atoms with van der Waals surface area (Å²) in [5.74, 6) is 1.94. The monoisotopic (exact) mass is 419 g/mol. The summed E-state index contributed by atoms with van der Waals surface area (Å²) in [5, 5.41) is 9.34. The normalized spacial score (nSPS) is 15.7. The van der Waals surface area contributed by atoms with Crippen molar-refractivity contribution in [3.05, 3.63) is 18.2 Å². The molecule has 1 aromatic heterocycles. The molecule has 0 bridgehead atoms. The van der Waals surface area contributed by atoms with E-state index < -0.39 is 0 Å².